The minimum absolute atomic E-state index is 0. The highest BCUT2D eigenvalue weighted by atomic mass is 127. The number of aromatic nitrogens is 1. The van der Waals surface area contributed by atoms with Crippen LogP contribution in [0.4, 0.5) is 5.82 Å². The van der Waals surface area contributed by atoms with E-state index in [0.29, 0.717) is 0 Å². The predicted molar refractivity (Wildman–Crippen MR) is 126 cm³/mol. The number of nitrogens with one attached hydrogen (secondary N) is 3. The van der Waals surface area contributed by atoms with E-state index in [4.69, 9.17) is 0 Å². The van der Waals surface area contributed by atoms with E-state index in [2.05, 4.69) is 37.8 Å². The summed E-state index contributed by atoms with van der Waals surface area (Å²) < 4.78 is 0. The van der Waals surface area contributed by atoms with E-state index in [1.165, 1.54) is 38.8 Å². The van der Waals surface area contributed by atoms with Gasteiger partial charge in [0.1, 0.15) is 5.82 Å². The normalized spacial score (nSPS) is 17.9. The summed E-state index contributed by atoms with van der Waals surface area (Å²) in [7, 11) is 1.84. The Labute approximate surface area is 182 Å². The van der Waals surface area contributed by atoms with E-state index in [-0.39, 0.29) is 24.0 Å². The maximum Gasteiger partial charge on any atom is 0.190 e. The number of anilines is 1. The van der Waals surface area contributed by atoms with Gasteiger partial charge in [0, 0.05) is 45.5 Å². The van der Waals surface area contributed by atoms with Gasteiger partial charge in [-0.1, -0.05) is 12.5 Å². The molecule has 1 aromatic heterocycles. The van der Waals surface area contributed by atoms with Crippen molar-refractivity contribution in [3.63, 3.8) is 0 Å². The average molecular weight is 488 g/mol. The van der Waals surface area contributed by atoms with Crippen molar-refractivity contribution in [1.29, 1.82) is 0 Å². The summed E-state index contributed by atoms with van der Waals surface area (Å²) >= 11 is 0. The first-order valence-corrected chi connectivity index (χ1v) is 10.1. The van der Waals surface area contributed by atoms with Gasteiger partial charge >= 0.3 is 0 Å². The van der Waals surface area contributed by atoms with Crippen molar-refractivity contribution in [3.05, 3.63) is 24.4 Å². The fourth-order valence-electron chi connectivity index (χ4n) is 3.34. The summed E-state index contributed by atoms with van der Waals surface area (Å²) in [5.74, 6) is 1.86. The second kappa shape index (κ2) is 14.9. The molecular weight excluding hydrogens is 451 g/mol. The number of pyridine rings is 1. The Morgan fingerprint density at radius 1 is 1.15 bits per heavy atom. The maximum atomic E-state index is 4.31. The molecule has 27 heavy (non-hydrogen) atoms. The molecule has 6 nitrogen and oxygen atoms in total. The topological polar surface area (TPSA) is 64.6 Å². The monoisotopic (exact) mass is 488 g/mol. The van der Waals surface area contributed by atoms with Gasteiger partial charge < -0.3 is 20.9 Å². The van der Waals surface area contributed by atoms with Crippen LogP contribution in [0.15, 0.2) is 29.4 Å². The zero-order valence-corrected chi connectivity index (χ0v) is 19.2. The lowest BCUT2D eigenvalue weighted by atomic mass is 10.0. The number of unbranched alkanes of at least 4 members (excludes halogenated alkanes) is 1. The summed E-state index contributed by atoms with van der Waals surface area (Å²) in [6.45, 7) is 7.66. The largest absolute Gasteiger partial charge is 0.370 e. The van der Waals surface area contributed by atoms with Gasteiger partial charge in [0.05, 0.1) is 0 Å². The first-order chi connectivity index (χ1) is 12.8. The second-order valence-corrected chi connectivity index (χ2v) is 7.01. The number of hydrogen-bond acceptors (Lipinski definition) is 4. The molecule has 0 spiro atoms. The lowest BCUT2D eigenvalue weighted by molar-refractivity contribution is 0.159. The number of piperidine rings is 1. The molecular formula is C20H37IN6. The zero-order valence-electron chi connectivity index (χ0n) is 16.9. The van der Waals surface area contributed by atoms with Crippen LogP contribution in [0, 0.1) is 0 Å². The first kappa shape index (κ1) is 23.9. The molecule has 0 aromatic carbocycles. The van der Waals surface area contributed by atoms with Gasteiger partial charge in [-0.2, -0.15) is 0 Å². The van der Waals surface area contributed by atoms with E-state index in [0.717, 1.165) is 50.3 Å². The molecule has 7 heteroatoms. The average Bonchev–Trinajstić information content (AvgIpc) is 2.68. The lowest BCUT2D eigenvalue weighted by Gasteiger charge is -2.33. The molecule has 1 saturated heterocycles. The second-order valence-electron chi connectivity index (χ2n) is 7.01. The van der Waals surface area contributed by atoms with Crippen molar-refractivity contribution >= 4 is 35.8 Å². The Morgan fingerprint density at radius 2 is 1.93 bits per heavy atom. The first-order valence-electron chi connectivity index (χ1n) is 10.1. The molecule has 1 aliphatic rings. The van der Waals surface area contributed by atoms with Crippen LogP contribution >= 0.6 is 24.0 Å². The Bertz CT molecular complexity index is 510. The molecule has 1 aromatic rings. The van der Waals surface area contributed by atoms with Crippen molar-refractivity contribution in [2.75, 3.05) is 45.1 Å². The summed E-state index contributed by atoms with van der Waals surface area (Å²) in [6.07, 6.45) is 9.29. The molecule has 154 valence electrons. The van der Waals surface area contributed by atoms with Crippen LogP contribution in [0.1, 0.15) is 45.4 Å². The smallest absolute Gasteiger partial charge is 0.190 e. The van der Waals surface area contributed by atoms with Crippen LogP contribution in [0.3, 0.4) is 0 Å². The number of rotatable bonds is 10. The summed E-state index contributed by atoms with van der Waals surface area (Å²) in [5.41, 5.74) is 0. The fourth-order valence-corrected chi connectivity index (χ4v) is 3.34. The van der Waals surface area contributed by atoms with Gasteiger partial charge in [0.2, 0.25) is 0 Å². The number of nitrogens with zero attached hydrogens (tertiary/aromatic N) is 3. The van der Waals surface area contributed by atoms with Gasteiger partial charge in [-0.15, -0.1) is 24.0 Å². The fraction of sp³-hybridized carbons (Fsp3) is 0.700. The Morgan fingerprint density at radius 3 is 2.63 bits per heavy atom. The predicted octanol–water partition coefficient (Wildman–Crippen LogP) is 3.32. The minimum Gasteiger partial charge on any atom is -0.370 e. The number of aliphatic imine (C=N–C) groups is 1. The van der Waals surface area contributed by atoms with Gasteiger partial charge in [0.25, 0.3) is 0 Å². The van der Waals surface area contributed by atoms with Crippen molar-refractivity contribution in [2.45, 2.75) is 51.5 Å². The van der Waals surface area contributed by atoms with E-state index < -0.39 is 0 Å². The van der Waals surface area contributed by atoms with Crippen LogP contribution in [0.25, 0.3) is 0 Å². The molecule has 2 heterocycles. The summed E-state index contributed by atoms with van der Waals surface area (Å²) in [4.78, 5) is 11.2. The molecule has 0 amide bonds. The van der Waals surface area contributed by atoms with E-state index in [1.54, 1.807) is 0 Å². The highest BCUT2D eigenvalue weighted by molar-refractivity contribution is 14.0. The van der Waals surface area contributed by atoms with Crippen molar-refractivity contribution in [3.8, 4) is 0 Å². The molecule has 1 atom stereocenters. The van der Waals surface area contributed by atoms with Crippen molar-refractivity contribution in [2.24, 2.45) is 4.99 Å². The standard InChI is InChI=1S/C20H36N6.HI/c1-18-10-4-8-16-26(18)17-9-15-25-20(21-2)24-14-7-6-13-23-19-11-3-5-12-22-19;/h3,5,11-12,18H,4,6-10,13-17H2,1-2H3,(H,22,23)(H2,21,24,25);1H. The van der Waals surface area contributed by atoms with Gasteiger partial charge in [-0.3, -0.25) is 4.99 Å². The minimum atomic E-state index is 0. The SMILES string of the molecule is CN=C(NCCCCNc1ccccn1)NCCCN1CCCCC1C.I. The van der Waals surface area contributed by atoms with E-state index in [9.17, 15) is 0 Å². The molecule has 1 unspecified atom stereocenters. The Kier molecular flexibility index (Phi) is 13.2. The van der Waals surface area contributed by atoms with Crippen LogP contribution in [-0.4, -0.2) is 61.7 Å². The number of halogens is 1. The number of likely N-dealkylation sites (tertiary alicyclic amines) is 1. The molecule has 3 N–H and O–H groups in total. The van der Waals surface area contributed by atoms with Crippen molar-refractivity contribution in [1.82, 2.24) is 20.5 Å². The molecule has 0 radical (unpaired) electrons. The van der Waals surface area contributed by atoms with Gasteiger partial charge in [-0.05, 0) is 57.7 Å². The Balaban J connectivity index is 0.00000364. The molecule has 1 aliphatic heterocycles. The third-order valence-corrected chi connectivity index (χ3v) is 4.95. The van der Waals surface area contributed by atoms with E-state index >= 15 is 0 Å². The molecule has 0 bridgehead atoms. The Hall–Kier alpha value is -1.09. The van der Waals surface area contributed by atoms with Gasteiger partial charge in [0.15, 0.2) is 5.96 Å². The third-order valence-electron chi connectivity index (χ3n) is 4.95. The zero-order chi connectivity index (χ0) is 18.5. The molecule has 2 rings (SSSR count). The van der Waals surface area contributed by atoms with E-state index in [1.807, 2.05) is 31.4 Å². The maximum absolute atomic E-state index is 4.31. The number of hydrogen-bond donors (Lipinski definition) is 3. The van der Waals surface area contributed by atoms with Gasteiger partial charge in [-0.25, -0.2) is 4.98 Å². The summed E-state index contributed by atoms with van der Waals surface area (Å²) in [5, 5.41) is 10.2. The third kappa shape index (κ3) is 10.1. The highest BCUT2D eigenvalue weighted by Crippen LogP contribution is 2.15. The molecule has 1 fully saturated rings. The molecule has 0 aliphatic carbocycles. The van der Waals surface area contributed by atoms with Crippen LogP contribution < -0.4 is 16.0 Å². The lowest BCUT2D eigenvalue weighted by Crippen LogP contribution is -2.41. The van der Waals surface area contributed by atoms with Crippen LogP contribution in [0.5, 0.6) is 0 Å². The molecule has 0 saturated carbocycles. The quantitative estimate of drug-likeness (QED) is 0.204. The van der Waals surface area contributed by atoms with Crippen molar-refractivity contribution < 1.29 is 0 Å². The van der Waals surface area contributed by atoms with Crippen LogP contribution in [-0.2, 0) is 0 Å². The number of guanidine groups is 1. The summed E-state index contributed by atoms with van der Waals surface area (Å²) in [6, 6.07) is 6.68. The highest BCUT2D eigenvalue weighted by Gasteiger charge is 2.16. The van der Waals surface area contributed by atoms with Crippen LogP contribution in [0.2, 0.25) is 0 Å².